The van der Waals surface area contributed by atoms with E-state index >= 15 is 0 Å². The Morgan fingerprint density at radius 3 is 2.39 bits per heavy atom. The molecule has 0 spiro atoms. The maximum Gasteiger partial charge on any atom is 0.410 e. The minimum absolute atomic E-state index is 0.000952. The first-order chi connectivity index (χ1) is 20.8. The van der Waals surface area contributed by atoms with E-state index in [1.807, 2.05) is 59.7 Å². The van der Waals surface area contributed by atoms with Crippen molar-refractivity contribution in [2.24, 2.45) is 0 Å². The number of anilines is 1. The third-order valence-corrected chi connectivity index (χ3v) is 7.35. The molecule has 0 aromatic carbocycles. The van der Waals surface area contributed by atoms with Gasteiger partial charge in [-0.3, -0.25) is 0 Å². The molecule has 2 aliphatic rings. The zero-order valence-corrected chi connectivity index (χ0v) is 26.0. The summed E-state index contributed by atoms with van der Waals surface area (Å²) in [6.45, 7) is 13.4. The molecule has 2 fully saturated rings. The van der Waals surface area contributed by atoms with E-state index in [4.69, 9.17) is 18.6 Å². The van der Waals surface area contributed by atoms with Gasteiger partial charge in [0.2, 0.25) is 5.88 Å². The molecular weight excluding hydrogens is 566 g/mol. The van der Waals surface area contributed by atoms with E-state index in [9.17, 15) is 9.59 Å². The molecule has 0 unspecified atom stereocenters. The number of ether oxygens (including phenoxy) is 3. The van der Waals surface area contributed by atoms with Gasteiger partial charge in [0.15, 0.2) is 11.4 Å². The minimum atomic E-state index is -0.539. The lowest BCUT2D eigenvalue weighted by Gasteiger charge is -2.36. The summed E-state index contributed by atoms with van der Waals surface area (Å²) in [5, 5.41) is 8.43. The Morgan fingerprint density at radius 1 is 0.955 bits per heavy atom. The van der Waals surface area contributed by atoms with Gasteiger partial charge in [0.05, 0.1) is 11.6 Å². The van der Waals surface area contributed by atoms with E-state index in [1.54, 1.807) is 27.9 Å². The first-order valence-electron chi connectivity index (χ1n) is 14.9. The molecule has 2 amide bonds. The van der Waals surface area contributed by atoms with Crippen molar-refractivity contribution >= 4 is 34.6 Å². The molecule has 1 saturated heterocycles. The highest BCUT2D eigenvalue weighted by atomic mass is 16.6. The van der Waals surface area contributed by atoms with Crippen molar-refractivity contribution in [3.8, 4) is 17.3 Å². The summed E-state index contributed by atoms with van der Waals surface area (Å²) < 4.78 is 24.9. The first-order valence-corrected chi connectivity index (χ1v) is 14.9. The molecule has 234 valence electrons. The number of imidazole rings is 1. The maximum absolute atomic E-state index is 12.5. The number of aromatic nitrogens is 4. The average molecular weight is 606 g/mol. The van der Waals surface area contributed by atoms with Crippen LogP contribution in [-0.2, 0) is 9.47 Å². The molecule has 13 nitrogen and oxygen atoms in total. The lowest BCUT2D eigenvalue weighted by atomic mass is 9.89. The summed E-state index contributed by atoms with van der Waals surface area (Å²) in [7, 11) is 0. The van der Waals surface area contributed by atoms with Gasteiger partial charge in [-0.05, 0) is 59.7 Å². The SMILES string of the molecule is CC(C)(C)OC(=O)NC1CC(Oc2ccc3ncc(-c4cc5c(N6CCN(C(=O)OC(C)(C)C)CC6)nccc5o4)n3n2)C1. The number of nitrogens with zero attached hydrogens (tertiary/aromatic N) is 6. The van der Waals surface area contributed by atoms with Crippen molar-refractivity contribution in [3.63, 3.8) is 0 Å². The predicted octanol–water partition coefficient (Wildman–Crippen LogP) is 5.03. The molecule has 5 heterocycles. The highest BCUT2D eigenvalue weighted by molar-refractivity contribution is 5.92. The molecule has 13 heteroatoms. The van der Waals surface area contributed by atoms with Crippen LogP contribution in [0.4, 0.5) is 15.4 Å². The predicted molar refractivity (Wildman–Crippen MR) is 163 cm³/mol. The molecule has 4 aromatic heterocycles. The zero-order chi connectivity index (χ0) is 31.2. The van der Waals surface area contributed by atoms with E-state index in [-0.39, 0.29) is 18.2 Å². The van der Waals surface area contributed by atoms with Crippen molar-refractivity contribution in [1.82, 2.24) is 29.8 Å². The third-order valence-electron chi connectivity index (χ3n) is 7.35. The monoisotopic (exact) mass is 605 g/mol. The number of hydrogen-bond acceptors (Lipinski definition) is 10. The molecule has 0 bridgehead atoms. The number of piperazine rings is 1. The van der Waals surface area contributed by atoms with Gasteiger partial charge in [-0.1, -0.05) is 0 Å². The van der Waals surface area contributed by atoms with Gasteiger partial charge in [0.1, 0.15) is 34.4 Å². The van der Waals surface area contributed by atoms with Gasteiger partial charge in [0, 0.05) is 57.3 Å². The van der Waals surface area contributed by atoms with E-state index in [0.717, 1.165) is 11.2 Å². The van der Waals surface area contributed by atoms with Crippen LogP contribution in [0.15, 0.2) is 41.1 Å². The topological polar surface area (TPSA) is 137 Å². The van der Waals surface area contributed by atoms with E-state index in [0.29, 0.717) is 67.6 Å². The number of pyridine rings is 1. The normalized spacial score (nSPS) is 19.1. The second kappa shape index (κ2) is 11.2. The number of hydrogen-bond donors (Lipinski definition) is 1. The van der Waals surface area contributed by atoms with Gasteiger partial charge >= 0.3 is 12.2 Å². The first kappa shape index (κ1) is 29.5. The van der Waals surface area contributed by atoms with Gasteiger partial charge < -0.3 is 33.7 Å². The van der Waals surface area contributed by atoms with E-state index < -0.39 is 17.3 Å². The Morgan fingerprint density at radius 2 is 1.68 bits per heavy atom. The van der Waals surface area contributed by atoms with Crippen molar-refractivity contribution < 1.29 is 28.2 Å². The highest BCUT2D eigenvalue weighted by Gasteiger charge is 2.34. The number of nitrogens with one attached hydrogen (secondary N) is 1. The zero-order valence-electron chi connectivity index (χ0n) is 26.0. The molecule has 44 heavy (non-hydrogen) atoms. The fourth-order valence-corrected chi connectivity index (χ4v) is 5.27. The number of alkyl carbamates (subject to hydrolysis) is 1. The maximum atomic E-state index is 12.5. The van der Waals surface area contributed by atoms with Crippen molar-refractivity contribution in [2.45, 2.75) is 77.7 Å². The van der Waals surface area contributed by atoms with Crippen LogP contribution in [0.5, 0.6) is 5.88 Å². The third kappa shape index (κ3) is 6.51. The summed E-state index contributed by atoms with van der Waals surface area (Å²) in [6, 6.07) is 7.43. The molecule has 6 rings (SSSR count). The van der Waals surface area contributed by atoms with E-state index in [1.165, 1.54) is 0 Å². The van der Waals surface area contributed by atoms with Crippen LogP contribution >= 0.6 is 0 Å². The van der Waals surface area contributed by atoms with Crippen LogP contribution in [-0.4, -0.2) is 86.2 Å². The van der Waals surface area contributed by atoms with Crippen molar-refractivity contribution in [3.05, 3.63) is 36.7 Å². The summed E-state index contributed by atoms with van der Waals surface area (Å²) in [6.07, 6.45) is 4.00. The molecule has 0 radical (unpaired) electrons. The second-order valence-corrected chi connectivity index (χ2v) is 13.3. The summed E-state index contributed by atoms with van der Waals surface area (Å²) in [5.74, 6) is 1.86. The summed E-state index contributed by atoms with van der Waals surface area (Å²) in [5.41, 5.74) is 0.958. The van der Waals surface area contributed by atoms with Gasteiger partial charge in [-0.15, -0.1) is 5.10 Å². The molecular formula is C31H39N7O6. The smallest absolute Gasteiger partial charge is 0.410 e. The molecule has 4 aromatic rings. The minimum Gasteiger partial charge on any atom is -0.473 e. The number of carbonyl (C=O) groups is 2. The van der Waals surface area contributed by atoms with Gasteiger partial charge in [-0.2, -0.15) is 0 Å². The number of fused-ring (bicyclic) bond motifs is 2. The molecule has 1 N–H and O–H groups in total. The quantitative estimate of drug-likeness (QED) is 0.330. The van der Waals surface area contributed by atoms with E-state index in [2.05, 4.69) is 25.3 Å². The molecule has 1 aliphatic carbocycles. The average Bonchev–Trinajstić information content (AvgIpc) is 3.53. The molecule has 1 saturated carbocycles. The highest BCUT2D eigenvalue weighted by Crippen LogP contribution is 2.34. The van der Waals surface area contributed by atoms with Crippen molar-refractivity contribution in [1.29, 1.82) is 0 Å². The summed E-state index contributed by atoms with van der Waals surface area (Å²) in [4.78, 5) is 37.6. The lowest BCUT2D eigenvalue weighted by molar-refractivity contribution is 0.0239. The Hall–Kier alpha value is -4.55. The Kier molecular flexibility index (Phi) is 7.50. The number of amides is 2. The fourth-order valence-electron chi connectivity index (χ4n) is 5.27. The lowest BCUT2D eigenvalue weighted by Crippen LogP contribution is -2.50. The largest absolute Gasteiger partial charge is 0.473 e. The number of furan rings is 1. The Bertz CT molecular complexity index is 1670. The van der Waals surface area contributed by atoms with Crippen LogP contribution in [0, 0.1) is 0 Å². The molecule has 0 atom stereocenters. The van der Waals surface area contributed by atoms with Crippen LogP contribution in [0.25, 0.3) is 28.1 Å². The summed E-state index contributed by atoms with van der Waals surface area (Å²) >= 11 is 0. The van der Waals surface area contributed by atoms with Crippen LogP contribution in [0.2, 0.25) is 0 Å². The second-order valence-electron chi connectivity index (χ2n) is 13.3. The van der Waals surface area contributed by atoms with Crippen LogP contribution < -0.4 is 15.0 Å². The fraction of sp³-hybridized carbons (Fsp3) is 0.516. The van der Waals surface area contributed by atoms with Gasteiger partial charge in [-0.25, -0.2) is 24.1 Å². The number of rotatable bonds is 5. The van der Waals surface area contributed by atoms with Gasteiger partial charge in [0.25, 0.3) is 0 Å². The molecule has 1 aliphatic heterocycles. The Balaban J connectivity index is 1.14. The van der Waals surface area contributed by atoms with Crippen molar-refractivity contribution in [2.75, 3.05) is 31.1 Å². The van der Waals surface area contributed by atoms with Crippen LogP contribution in [0.1, 0.15) is 54.4 Å². The van der Waals surface area contributed by atoms with Crippen LogP contribution in [0.3, 0.4) is 0 Å². The Labute approximate surface area is 255 Å². The number of carbonyl (C=O) groups excluding carboxylic acids is 2. The standard InChI is InChI=1S/C31H39N7O6/c1-30(2,3)43-28(39)34-19-15-20(16-19)41-26-8-7-25-33-18-22(38(25)35-26)24-17-21-23(42-24)9-10-32-27(21)36-11-13-37(14-12-36)29(40)44-31(4,5)6/h7-10,17-20H,11-16H2,1-6H3,(H,34,39).